The highest BCUT2D eigenvalue weighted by Gasteiger charge is 2.19. The molecule has 1 aromatic heterocycles. The highest BCUT2D eigenvalue weighted by Crippen LogP contribution is 2.37. The number of carbonyl (C=O) groups excluding carboxylic acids is 2. The number of methoxy groups -OCH3 is 2. The summed E-state index contributed by atoms with van der Waals surface area (Å²) in [6.45, 7) is 0. The summed E-state index contributed by atoms with van der Waals surface area (Å²) >= 11 is 0. The fraction of sp³-hybridized carbons (Fsp3) is 0.0556. The summed E-state index contributed by atoms with van der Waals surface area (Å²) in [7, 11) is 2.65. The van der Waals surface area contributed by atoms with Gasteiger partial charge in [-0.3, -0.25) is 0 Å². The minimum absolute atomic E-state index is 0.149. The molecule has 1 heterocycles. The van der Waals surface area contributed by atoms with Crippen molar-refractivity contribution in [1.82, 2.24) is 4.57 Å². The van der Waals surface area contributed by atoms with Crippen molar-refractivity contribution in [1.29, 1.82) is 0 Å². The summed E-state index contributed by atoms with van der Waals surface area (Å²) in [5.74, 6) is -3.35. The molecule has 2 N–H and O–H groups in total. The third kappa shape index (κ3) is 5.27. The Labute approximate surface area is 256 Å². The fourth-order valence-corrected chi connectivity index (χ4v) is 5.48. The van der Waals surface area contributed by atoms with Crippen LogP contribution < -0.4 is 0 Å². The molecule has 0 aliphatic carbocycles. The molecular weight excluding hydrogens is 574 g/mol. The molecule has 0 aliphatic rings. The lowest BCUT2D eigenvalue weighted by molar-refractivity contribution is 0.0592. The molecule has 45 heavy (non-hydrogen) atoms. The van der Waals surface area contributed by atoms with Crippen molar-refractivity contribution in [2.24, 2.45) is 0 Å². The first-order chi connectivity index (χ1) is 21.7. The maximum atomic E-state index is 11.9. The van der Waals surface area contributed by atoms with Crippen molar-refractivity contribution in [3.63, 3.8) is 0 Å². The van der Waals surface area contributed by atoms with Crippen molar-refractivity contribution in [2.45, 2.75) is 0 Å². The molecule has 0 saturated heterocycles. The number of carboxylic acids is 2. The molecule has 5 aromatic carbocycles. The summed E-state index contributed by atoms with van der Waals surface area (Å²) in [6.07, 6.45) is 0. The van der Waals surface area contributed by atoms with E-state index in [4.69, 9.17) is 9.47 Å². The van der Waals surface area contributed by atoms with Crippen molar-refractivity contribution < 1.29 is 38.9 Å². The first-order valence-electron chi connectivity index (χ1n) is 13.8. The summed E-state index contributed by atoms with van der Waals surface area (Å²) in [6, 6.07) is 29.8. The second kappa shape index (κ2) is 11.5. The van der Waals surface area contributed by atoms with Crippen molar-refractivity contribution >= 4 is 45.7 Å². The molecule has 0 fully saturated rings. The zero-order chi connectivity index (χ0) is 31.8. The molecule has 6 rings (SSSR count). The van der Waals surface area contributed by atoms with E-state index in [1.54, 1.807) is 24.3 Å². The molecule has 9 nitrogen and oxygen atoms in total. The number of carbonyl (C=O) groups is 4. The highest BCUT2D eigenvalue weighted by atomic mass is 16.5. The van der Waals surface area contributed by atoms with Gasteiger partial charge in [-0.1, -0.05) is 36.4 Å². The number of hydrogen-bond donors (Lipinski definition) is 2. The van der Waals surface area contributed by atoms with Gasteiger partial charge in [0, 0.05) is 16.5 Å². The number of ether oxygens (including phenoxy) is 2. The van der Waals surface area contributed by atoms with Gasteiger partial charge in [-0.25, -0.2) is 19.2 Å². The number of aromatic nitrogens is 1. The van der Waals surface area contributed by atoms with Crippen molar-refractivity contribution in [3.05, 3.63) is 125 Å². The average molecular weight is 600 g/mol. The van der Waals surface area contributed by atoms with E-state index in [1.807, 2.05) is 65.2 Å². The van der Waals surface area contributed by atoms with Crippen molar-refractivity contribution in [3.8, 4) is 27.9 Å². The van der Waals surface area contributed by atoms with E-state index in [-0.39, 0.29) is 11.1 Å². The predicted molar refractivity (Wildman–Crippen MR) is 168 cm³/mol. The Morgan fingerprint density at radius 1 is 0.489 bits per heavy atom. The van der Waals surface area contributed by atoms with Gasteiger partial charge in [-0.05, 0) is 89.0 Å². The minimum atomic E-state index is -1.24. The van der Waals surface area contributed by atoms with Crippen LogP contribution in [0.1, 0.15) is 41.4 Å². The lowest BCUT2D eigenvalue weighted by Gasteiger charge is -2.11. The number of rotatable bonds is 7. The lowest BCUT2D eigenvalue weighted by Crippen LogP contribution is -2.05. The van der Waals surface area contributed by atoms with Crippen LogP contribution in [0.3, 0.4) is 0 Å². The summed E-state index contributed by atoms with van der Waals surface area (Å²) in [5.41, 5.74) is 5.87. The first-order valence-corrected chi connectivity index (χ1v) is 13.8. The van der Waals surface area contributed by atoms with Crippen LogP contribution in [0.25, 0.3) is 49.7 Å². The molecule has 0 atom stereocenters. The molecule has 0 radical (unpaired) electrons. The molecule has 0 amide bonds. The maximum absolute atomic E-state index is 11.9. The standard InChI is InChI=1S/C36H25NO8/c1-44-35(42)22-7-3-20(4-8-22)24-11-13-31-29(18-24)30-19-25(21-5-9-23(10-6-21)36(43)45-2)12-14-32(30)37(31)28-16-26(33(38)39)15-27(17-28)34(40)41/h3-19H,1-2H3,(H,38,39)(H,40,41). The number of benzene rings is 5. The topological polar surface area (TPSA) is 132 Å². The molecule has 6 aromatic rings. The van der Waals surface area contributed by atoms with E-state index in [0.29, 0.717) is 16.8 Å². The molecule has 0 saturated carbocycles. The molecule has 222 valence electrons. The van der Waals surface area contributed by atoms with Gasteiger partial charge in [0.1, 0.15) is 0 Å². The Morgan fingerprint density at radius 3 is 1.22 bits per heavy atom. The molecular formula is C36H25NO8. The quantitative estimate of drug-likeness (QED) is 0.186. The number of aromatic carboxylic acids is 2. The summed E-state index contributed by atoms with van der Waals surface area (Å²) < 4.78 is 11.5. The largest absolute Gasteiger partial charge is 0.478 e. The number of nitrogens with zero attached hydrogens (tertiary/aromatic N) is 1. The average Bonchev–Trinajstić information content (AvgIpc) is 3.40. The highest BCUT2D eigenvalue weighted by molar-refractivity contribution is 6.12. The van der Waals surface area contributed by atoms with E-state index >= 15 is 0 Å². The van der Waals surface area contributed by atoms with Crippen LogP contribution in [0.2, 0.25) is 0 Å². The van der Waals surface area contributed by atoms with Crippen LogP contribution in [-0.2, 0) is 9.47 Å². The van der Waals surface area contributed by atoms with Gasteiger partial charge in [0.25, 0.3) is 0 Å². The van der Waals surface area contributed by atoms with Gasteiger partial charge in [-0.15, -0.1) is 0 Å². The molecule has 0 spiro atoms. The van der Waals surface area contributed by atoms with Crippen LogP contribution in [-0.4, -0.2) is 52.9 Å². The number of fused-ring (bicyclic) bond motifs is 3. The smallest absolute Gasteiger partial charge is 0.337 e. The Bertz CT molecular complexity index is 2010. The zero-order valence-corrected chi connectivity index (χ0v) is 24.1. The van der Waals surface area contributed by atoms with E-state index in [1.165, 1.54) is 26.4 Å². The van der Waals surface area contributed by atoms with E-state index in [2.05, 4.69) is 0 Å². The molecule has 0 bridgehead atoms. The van der Waals surface area contributed by atoms with Crippen LogP contribution in [0, 0.1) is 0 Å². The van der Waals surface area contributed by atoms with Crippen LogP contribution >= 0.6 is 0 Å². The second-order valence-electron chi connectivity index (χ2n) is 10.3. The van der Waals surface area contributed by atoms with Crippen LogP contribution in [0.4, 0.5) is 0 Å². The van der Waals surface area contributed by atoms with E-state index in [0.717, 1.165) is 50.1 Å². The third-order valence-electron chi connectivity index (χ3n) is 7.71. The Morgan fingerprint density at radius 2 is 0.867 bits per heavy atom. The van der Waals surface area contributed by atoms with E-state index < -0.39 is 23.9 Å². The number of carboxylic acid groups (broad SMARTS) is 2. The van der Waals surface area contributed by atoms with Crippen LogP contribution in [0.5, 0.6) is 0 Å². The fourth-order valence-electron chi connectivity index (χ4n) is 5.48. The van der Waals surface area contributed by atoms with Gasteiger partial charge in [0.05, 0.1) is 47.5 Å². The summed E-state index contributed by atoms with van der Waals surface area (Å²) in [4.78, 5) is 47.8. The normalized spacial score (nSPS) is 11.0. The van der Waals surface area contributed by atoms with Gasteiger partial charge in [-0.2, -0.15) is 0 Å². The van der Waals surface area contributed by atoms with Gasteiger partial charge < -0.3 is 24.3 Å². The SMILES string of the molecule is COC(=O)c1ccc(-c2ccc3c(c2)c2cc(-c4ccc(C(=O)OC)cc4)ccc2n3-c2cc(C(=O)O)cc(C(=O)O)c2)cc1. The Kier molecular flexibility index (Phi) is 7.35. The molecule has 9 heteroatoms. The maximum Gasteiger partial charge on any atom is 0.337 e. The van der Waals surface area contributed by atoms with Crippen LogP contribution in [0.15, 0.2) is 103 Å². The Hall–Kier alpha value is -6.22. The van der Waals surface area contributed by atoms with E-state index in [9.17, 15) is 29.4 Å². The molecule has 0 unspecified atom stereocenters. The minimum Gasteiger partial charge on any atom is -0.478 e. The lowest BCUT2D eigenvalue weighted by atomic mass is 9.99. The Balaban J connectivity index is 1.59. The van der Waals surface area contributed by atoms with Crippen molar-refractivity contribution in [2.75, 3.05) is 14.2 Å². The zero-order valence-electron chi connectivity index (χ0n) is 24.1. The number of esters is 2. The number of hydrogen-bond acceptors (Lipinski definition) is 6. The molecule has 0 aliphatic heterocycles. The van der Waals surface area contributed by atoms with Gasteiger partial charge in [0.15, 0.2) is 0 Å². The second-order valence-corrected chi connectivity index (χ2v) is 10.3. The summed E-state index contributed by atoms with van der Waals surface area (Å²) in [5, 5.41) is 21.2. The monoisotopic (exact) mass is 599 g/mol. The first kappa shape index (κ1) is 28.9. The predicted octanol–water partition coefficient (Wildman–Crippen LogP) is 7.09. The third-order valence-corrected chi connectivity index (χ3v) is 7.71. The van der Waals surface area contributed by atoms with Gasteiger partial charge in [0.2, 0.25) is 0 Å². The van der Waals surface area contributed by atoms with Gasteiger partial charge >= 0.3 is 23.9 Å².